The van der Waals surface area contributed by atoms with Crippen molar-refractivity contribution in [3.63, 3.8) is 0 Å². The summed E-state index contributed by atoms with van der Waals surface area (Å²) in [6, 6.07) is 16.1. The average molecular weight is 573 g/mol. The van der Waals surface area contributed by atoms with Crippen LogP contribution in [0.5, 0.6) is 0 Å². The zero-order chi connectivity index (χ0) is 28.5. The van der Waals surface area contributed by atoms with E-state index in [2.05, 4.69) is 6.92 Å². The van der Waals surface area contributed by atoms with Crippen molar-refractivity contribution in [2.75, 3.05) is 0 Å². The molecule has 1 aromatic heterocycles. The third kappa shape index (κ3) is 13.2. The van der Waals surface area contributed by atoms with Gasteiger partial charge in [0.15, 0.2) is 18.9 Å². The molecule has 3 rings (SSSR count). The number of nitriles is 1. The van der Waals surface area contributed by atoms with Crippen LogP contribution in [0.4, 0.5) is 4.39 Å². The van der Waals surface area contributed by atoms with E-state index >= 15 is 0 Å². The van der Waals surface area contributed by atoms with Crippen LogP contribution >= 0.6 is 11.6 Å². The standard InChI is InChI=1S/C18H30O3S.C13H9ClFN2/c1-2-3-4-5-6-7-8-9-10-11-12-17-13-15-18(16-14-17)22(19,20)21;14-13-7-12(15)2-1-11(13)9-17-5-3-10(8-16)4-6-17/h13-16H,2-12H2,1H3,(H,19,20,21);1-7H,9H2/q;+1/p-1. The lowest BCUT2D eigenvalue weighted by Crippen LogP contribution is -2.33. The largest absolute Gasteiger partial charge is 0.744 e. The number of nitrogens with zero attached hydrogens (tertiary/aromatic N) is 2. The van der Waals surface area contributed by atoms with Gasteiger partial charge in [0.2, 0.25) is 0 Å². The number of unbranched alkanes of at least 4 members (excludes halogenated alkanes) is 9. The number of hydrogen-bond acceptors (Lipinski definition) is 4. The molecular formula is C31H38ClFN2O3S. The van der Waals surface area contributed by atoms with E-state index in [0.29, 0.717) is 17.1 Å². The summed E-state index contributed by atoms with van der Waals surface area (Å²) in [7, 11) is -4.31. The van der Waals surface area contributed by atoms with Crippen molar-refractivity contribution in [3.05, 3.63) is 94.5 Å². The van der Waals surface area contributed by atoms with Crippen LogP contribution in [-0.4, -0.2) is 13.0 Å². The highest BCUT2D eigenvalue weighted by Gasteiger charge is 2.08. The Kier molecular flexibility index (Phi) is 14.7. The Morgan fingerprint density at radius 3 is 1.95 bits per heavy atom. The summed E-state index contributed by atoms with van der Waals surface area (Å²) in [5, 5.41) is 9.08. The minimum atomic E-state index is -4.31. The van der Waals surface area contributed by atoms with E-state index < -0.39 is 10.1 Å². The van der Waals surface area contributed by atoms with Gasteiger partial charge in [-0.2, -0.15) is 5.26 Å². The fourth-order valence-corrected chi connectivity index (χ4v) is 4.82. The minimum absolute atomic E-state index is 0.140. The topological polar surface area (TPSA) is 84.9 Å². The van der Waals surface area contributed by atoms with Gasteiger partial charge in [-0.05, 0) is 48.7 Å². The summed E-state index contributed by atoms with van der Waals surface area (Å²) in [5.74, 6) is -0.344. The molecule has 0 amide bonds. The van der Waals surface area contributed by atoms with Gasteiger partial charge in [0.25, 0.3) is 0 Å². The molecule has 5 nitrogen and oxygen atoms in total. The van der Waals surface area contributed by atoms with Crippen molar-refractivity contribution in [3.8, 4) is 6.07 Å². The van der Waals surface area contributed by atoms with Gasteiger partial charge in [-0.15, -0.1) is 0 Å². The maximum absolute atomic E-state index is 12.9. The van der Waals surface area contributed by atoms with E-state index in [1.54, 1.807) is 42.7 Å². The second kappa shape index (κ2) is 17.7. The molecule has 0 aliphatic heterocycles. The smallest absolute Gasteiger partial charge is 0.175 e. The molecule has 39 heavy (non-hydrogen) atoms. The van der Waals surface area contributed by atoms with Crippen molar-refractivity contribution >= 4 is 21.7 Å². The number of pyridine rings is 1. The number of rotatable bonds is 14. The lowest BCUT2D eigenvalue weighted by molar-refractivity contribution is -0.688. The number of aryl methyl sites for hydroxylation is 1. The number of benzene rings is 2. The molecule has 0 aliphatic carbocycles. The third-order valence-corrected chi connectivity index (χ3v) is 7.62. The molecule has 0 atom stereocenters. The first-order chi connectivity index (χ1) is 18.7. The summed E-state index contributed by atoms with van der Waals surface area (Å²) in [5.41, 5.74) is 2.54. The number of hydrogen-bond donors (Lipinski definition) is 0. The molecule has 0 bridgehead atoms. The van der Waals surface area contributed by atoms with E-state index in [0.717, 1.165) is 24.0 Å². The lowest BCUT2D eigenvalue weighted by Gasteiger charge is -2.08. The highest BCUT2D eigenvalue weighted by atomic mass is 35.5. The van der Waals surface area contributed by atoms with Gasteiger partial charge < -0.3 is 4.55 Å². The van der Waals surface area contributed by atoms with Gasteiger partial charge in [-0.25, -0.2) is 17.4 Å². The van der Waals surface area contributed by atoms with Gasteiger partial charge in [-0.1, -0.05) is 88.4 Å². The SMILES string of the molecule is CCCCCCCCCCCCc1ccc(S(=O)(=O)[O-])cc1.N#Cc1cc[n+](Cc2ccc(F)cc2Cl)cc1. The molecule has 0 fully saturated rings. The zero-order valence-electron chi connectivity index (χ0n) is 22.6. The first kappa shape index (κ1) is 32.4. The number of halogens is 2. The van der Waals surface area contributed by atoms with Crippen LogP contribution in [0.1, 0.15) is 87.8 Å². The van der Waals surface area contributed by atoms with Crippen LogP contribution in [0.15, 0.2) is 71.9 Å². The molecule has 0 N–H and O–H groups in total. The Balaban J connectivity index is 0.000000282. The van der Waals surface area contributed by atoms with Crippen molar-refractivity contribution in [1.82, 2.24) is 0 Å². The predicted molar refractivity (Wildman–Crippen MR) is 152 cm³/mol. The molecule has 0 saturated heterocycles. The first-order valence-electron chi connectivity index (χ1n) is 13.6. The normalized spacial score (nSPS) is 10.9. The molecule has 8 heteroatoms. The highest BCUT2D eigenvalue weighted by Crippen LogP contribution is 2.17. The lowest BCUT2D eigenvalue weighted by atomic mass is 10.0. The molecule has 0 saturated carbocycles. The van der Waals surface area contributed by atoms with Crippen molar-refractivity contribution in [1.29, 1.82) is 5.26 Å². The maximum Gasteiger partial charge on any atom is 0.175 e. The minimum Gasteiger partial charge on any atom is -0.744 e. The van der Waals surface area contributed by atoms with Gasteiger partial charge >= 0.3 is 0 Å². The molecular weight excluding hydrogens is 535 g/mol. The molecule has 0 unspecified atom stereocenters. The van der Waals surface area contributed by atoms with Crippen LogP contribution in [0.2, 0.25) is 5.02 Å². The van der Waals surface area contributed by atoms with E-state index in [4.69, 9.17) is 16.9 Å². The Morgan fingerprint density at radius 1 is 0.872 bits per heavy atom. The summed E-state index contributed by atoms with van der Waals surface area (Å²) in [6.07, 6.45) is 17.6. The molecule has 0 radical (unpaired) electrons. The van der Waals surface area contributed by atoms with Gasteiger partial charge in [0.05, 0.1) is 21.6 Å². The van der Waals surface area contributed by atoms with Crippen LogP contribution in [-0.2, 0) is 23.1 Å². The Hall–Kier alpha value is -2.79. The summed E-state index contributed by atoms with van der Waals surface area (Å²) < 4.78 is 47.2. The predicted octanol–water partition coefficient (Wildman–Crippen LogP) is 7.74. The van der Waals surface area contributed by atoms with E-state index in [1.807, 2.05) is 10.6 Å². The molecule has 0 aliphatic rings. The fraction of sp³-hybridized carbons (Fsp3) is 0.419. The van der Waals surface area contributed by atoms with Crippen LogP contribution < -0.4 is 4.57 Å². The molecule has 2 aromatic carbocycles. The fourth-order valence-electron chi connectivity index (χ4n) is 4.12. The molecule has 1 heterocycles. The second-order valence-corrected chi connectivity index (χ2v) is 11.4. The molecule has 0 spiro atoms. The Bertz CT molecular complexity index is 1270. The van der Waals surface area contributed by atoms with E-state index in [-0.39, 0.29) is 10.7 Å². The number of aromatic nitrogens is 1. The highest BCUT2D eigenvalue weighted by molar-refractivity contribution is 7.85. The monoisotopic (exact) mass is 572 g/mol. The van der Waals surface area contributed by atoms with Crippen molar-refractivity contribution < 1.29 is 21.9 Å². The third-order valence-electron chi connectivity index (χ3n) is 6.42. The van der Waals surface area contributed by atoms with Gasteiger partial charge in [-0.3, -0.25) is 0 Å². The Labute approximate surface area is 238 Å². The summed E-state index contributed by atoms with van der Waals surface area (Å²) in [4.78, 5) is -0.140. The zero-order valence-corrected chi connectivity index (χ0v) is 24.2. The quantitative estimate of drug-likeness (QED) is 0.112. The van der Waals surface area contributed by atoms with Crippen LogP contribution in [0.25, 0.3) is 0 Å². The second-order valence-electron chi connectivity index (χ2n) is 9.64. The van der Waals surface area contributed by atoms with Crippen molar-refractivity contribution in [2.24, 2.45) is 0 Å². The van der Waals surface area contributed by atoms with Crippen molar-refractivity contribution in [2.45, 2.75) is 89.0 Å². The molecule has 3 aromatic rings. The van der Waals surface area contributed by atoms with E-state index in [9.17, 15) is 17.4 Å². The first-order valence-corrected chi connectivity index (χ1v) is 15.4. The maximum atomic E-state index is 12.9. The van der Waals surface area contributed by atoms with Crippen LogP contribution in [0.3, 0.4) is 0 Å². The summed E-state index contributed by atoms with van der Waals surface area (Å²) in [6.45, 7) is 2.79. The average Bonchev–Trinajstić information content (AvgIpc) is 2.92. The van der Waals surface area contributed by atoms with E-state index in [1.165, 1.54) is 82.1 Å². The molecule has 210 valence electrons. The Morgan fingerprint density at radius 2 is 1.44 bits per heavy atom. The summed E-state index contributed by atoms with van der Waals surface area (Å²) >= 11 is 5.93. The van der Waals surface area contributed by atoms with Gasteiger partial charge in [0, 0.05) is 17.7 Å². The van der Waals surface area contributed by atoms with Crippen LogP contribution in [0, 0.1) is 17.1 Å². The van der Waals surface area contributed by atoms with Gasteiger partial charge in [0.1, 0.15) is 15.9 Å².